The zero-order valence-corrected chi connectivity index (χ0v) is 7.02. The average molecular weight is 163 g/mol. The monoisotopic (exact) mass is 163 g/mol. The van der Waals surface area contributed by atoms with Crippen molar-refractivity contribution < 1.29 is 14.3 Å². The Balaban J connectivity index is 3.99. The molecule has 11 heavy (non-hydrogen) atoms. The summed E-state index contributed by atoms with van der Waals surface area (Å²) in [6, 6.07) is -0.796. The summed E-state index contributed by atoms with van der Waals surface area (Å²) in [5, 5.41) is 11.0. The van der Waals surface area contributed by atoms with Crippen molar-refractivity contribution in [3.63, 3.8) is 0 Å². The summed E-state index contributed by atoms with van der Waals surface area (Å²) in [6.07, 6.45) is -0.0150. The predicted octanol–water partition coefficient (Wildman–Crippen LogP) is 0.797. The molecule has 0 saturated carbocycles. The van der Waals surface area contributed by atoms with Crippen LogP contribution in [-0.4, -0.2) is 29.8 Å². The number of hydrogen-bond donors (Lipinski definition) is 2. The number of aliphatic carboxylic acids is 1. The Morgan fingerprint density at radius 3 is 2.27 bits per heavy atom. The van der Waals surface area contributed by atoms with E-state index >= 15 is 0 Å². The molecule has 1 atom stereocenters. The first-order valence-electron chi connectivity index (χ1n) is 3.46. The van der Waals surface area contributed by atoms with Crippen molar-refractivity contribution in [1.29, 1.82) is 0 Å². The largest absolute Gasteiger partial charge is 0.480 e. The van der Waals surface area contributed by atoms with Crippen molar-refractivity contribution in [2.75, 3.05) is 7.05 Å². The van der Waals surface area contributed by atoms with Crippen LogP contribution in [0.25, 0.3) is 0 Å². The summed E-state index contributed by atoms with van der Waals surface area (Å²) in [5.74, 6) is -1.02. The van der Waals surface area contributed by atoms with Crippen LogP contribution >= 0.6 is 0 Å². The number of carboxylic acids is 1. The van der Waals surface area contributed by atoms with Gasteiger partial charge in [-0.1, -0.05) is 0 Å². The van der Waals surface area contributed by atoms with Crippen LogP contribution in [0, 0.1) is 0 Å². The summed E-state index contributed by atoms with van der Waals surface area (Å²) in [4.78, 5) is 10.4. The smallest absolute Gasteiger partial charge is 0.320 e. The van der Waals surface area contributed by atoms with Crippen molar-refractivity contribution in [2.45, 2.75) is 32.0 Å². The Kier molecular flexibility index (Phi) is 3.45. The van der Waals surface area contributed by atoms with E-state index < -0.39 is 17.7 Å². The van der Waals surface area contributed by atoms with E-state index in [9.17, 15) is 9.18 Å². The van der Waals surface area contributed by atoms with Crippen molar-refractivity contribution in [3.8, 4) is 0 Å². The van der Waals surface area contributed by atoms with E-state index in [1.54, 1.807) is 0 Å². The van der Waals surface area contributed by atoms with E-state index in [0.717, 1.165) is 0 Å². The van der Waals surface area contributed by atoms with Gasteiger partial charge in [-0.25, -0.2) is 4.39 Å². The highest BCUT2D eigenvalue weighted by atomic mass is 19.1. The second-order valence-corrected chi connectivity index (χ2v) is 3.10. The van der Waals surface area contributed by atoms with Crippen LogP contribution in [-0.2, 0) is 4.79 Å². The molecule has 0 heterocycles. The van der Waals surface area contributed by atoms with E-state index in [0.29, 0.717) is 0 Å². The van der Waals surface area contributed by atoms with Gasteiger partial charge in [-0.15, -0.1) is 0 Å². The zero-order valence-electron chi connectivity index (χ0n) is 7.02. The minimum atomic E-state index is -1.44. The van der Waals surface area contributed by atoms with Gasteiger partial charge in [0.05, 0.1) is 0 Å². The van der Waals surface area contributed by atoms with E-state index in [-0.39, 0.29) is 6.42 Å². The molecule has 0 bridgehead atoms. The maximum absolute atomic E-state index is 12.9. The minimum Gasteiger partial charge on any atom is -0.480 e. The van der Waals surface area contributed by atoms with Crippen LogP contribution < -0.4 is 5.32 Å². The first-order valence-corrected chi connectivity index (χ1v) is 3.46. The zero-order chi connectivity index (χ0) is 9.07. The number of nitrogens with one attached hydrogen (secondary N) is 1. The van der Waals surface area contributed by atoms with Gasteiger partial charge in [0, 0.05) is 6.42 Å². The Hall–Kier alpha value is -0.640. The molecule has 0 amide bonds. The summed E-state index contributed by atoms with van der Waals surface area (Å²) >= 11 is 0. The van der Waals surface area contributed by atoms with Crippen LogP contribution in [0.5, 0.6) is 0 Å². The lowest BCUT2D eigenvalue weighted by Crippen LogP contribution is -2.38. The van der Waals surface area contributed by atoms with Crippen molar-refractivity contribution in [3.05, 3.63) is 0 Å². The molecule has 3 nitrogen and oxygen atoms in total. The molecule has 0 aromatic carbocycles. The third-order valence-electron chi connectivity index (χ3n) is 1.34. The lowest BCUT2D eigenvalue weighted by Gasteiger charge is -2.18. The number of halogens is 1. The molecule has 66 valence electrons. The number of carbonyl (C=O) groups is 1. The highest BCUT2D eigenvalue weighted by Gasteiger charge is 2.25. The average Bonchev–Trinajstić information content (AvgIpc) is 1.80. The Morgan fingerprint density at radius 2 is 2.18 bits per heavy atom. The van der Waals surface area contributed by atoms with Gasteiger partial charge in [0.15, 0.2) is 0 Å². The third kappa shape index (κ3) is 4.72. The van der Waals surface area contributed by atoms with Gasteiger partial charge >= 0.3 is 5.97 Å². The molecule has 0 aromatic rings. The van der Waals surface area contributed by atoms with Gasteiger partial charge in [-0.2, -0.15) is 0 Å². The topological polar surface area (TPSA) is 49.3 Å². The molecule has 0 fully saturated rings. The van der Waals surface area contributed by atoms with Crippen LogP contribution in [0.1, 0.15) is 20.3 Å². The second kappa shape index (κ2) is 3.67. The van der Waals surface area contributed by atoms with Crippen LogP contribution in [0.4, 0.5) is 4.39 Å². The Morgan fingerprint density at radius 1 is 1.73 bits per heavy atom. The molecule has 0 radical (unpaired) electrons. The normalized spacial score (nSPS) is 14.5. The number of rotatable bonds is 4. The molecule has 0 rings (SSSR count). The van der Waals surface area contributed by atoms with E-state index in [2.05, 4.69) is 5.32 Å². The molecule has 0 spiro atoms. The number of carboxylic acid groups (broad SMARTS) is 1. The van der Waals surface area contributed by atoms with Crippen LogP contribution in [0.15, 0.2) is 0 Å². The number of likely N-dealkylation sites (N-methyl/N-ethyl adjacent to an activating group) is 1. The quantitative estimate of drug-likeness (QED) is 0.644. The second-order valence-electron chi connectivity index (χ2n) is 3.10. The molecule has 2 N–H and O–H groups in total. The van der Waals surface area contributed by atoms with E-state index in [1.165, 1.54) is 20.9 Å². The van der Waals surface area contributed by atoms with Crippen LogP contribution in [0.3, 0.4) is 0 Å². The maximum Gasteiger partial charge on any atom is 0.320 e. The SMILES string of the molecule is CN[C@@H](CC(C)(C)F)C(=O)O. The van der Waals surface area contributed by atoms with Gasteiger partial charge in [0.1, 0.15) is 11.7 Å². The molecular weight excluding hydrogens is 149 g/mol. The van der Waals surface area contributed by atoms with Gasteiger partial charge in [0.25, 0.3) is 0 Å². The van der Waals surface area contributed by atoms with Crippen molar-refractivity contribution in [1.82, 2.24) is 5.32 Å². The molecular formula is C7H14FNO2. The molecule has 4 heteroatoms. The standard InChI is InChI=1S/C7H14FNO2/c1-7(2,8)4-5(9-3)6(10)11/h5,9H,4H2,1-3H3,(H,10,11)/t5-/m0/s1. The molecule has 0 aliphatic heterocycles. The highest BCUT2D eigenvalue weighted by Crippen LogP contribution is 2.15. The number of hydrogen-bond acceptors (Lipinski definition) is 2. The van der Waals surface area contributed by atoms with Gasteiger partial charge in [0.2, 0.25) is 0 Å². The fourth-order valence-corrected chi connectivity index (χ4v) is 0.798. The summed E-state index contributed by atoms with van der Waals surface area (Å²) in [7, 11) is 1.50. The maximum atomic E-state index is 12.9. The van der Waals surface area contributed by atoms with Gasteiger partial charge in [-0.05, 0) is 20.9 Å². The van der Waals surface area contributed by atoms with E-state index in [4.69, 9.17) is 5.11 Å². The molecule has 0 unspecified atom stereocenters. The Bertz CT molecular complexity index is 142. The minimum absolute atomic E-state index is 0.0150. The predicted molar refractivity (Wildman–Crippen MR) is 40.3 cm³/mol. The molecule has 0 aliphatic carbocycles. The molecule has 0 saturated heterocycles. The highest BCUT2D eigenvalue weighted by molar-refractivity contribution is 5.73. The van der Waals surface area contributed by atoms with Crippen molar-refractivity contribution in [2.24, 2.45) is 0 Å². The summed E-state index contributed by atoms with van der Waals surface area (Å²) < 4.78 is 12.9. The number of alkyl halides is 1. The van der Waals surface area contributed by atoms with E-state index in [1.807, 2.05) is 0 Å². The van der Waals surface area contributed by atoms with Crippen molar-refractivity contribution >= 4 is 5.97 Å². The summed E-state index contributed by atoms with van der Waals surface area (Å²) in [5.41, 5.74) is -1.44. The third-order valence-corrected chi connectivity index (χ3v) is 1.34. The van der Waals surface area contributed by atoms with Gasteiger partial charge < -0.3 is 10.4 Å². The fourth-order valence-electron chi connectivity index (χ4n) is 0.798. The Labute approximate surface area is 65.6 Å². The first-order chi connectivity index (χ1) is 4.87. The molecule has 0 aliphatic rings. The lowest BCUT2D eigenvalue weighted by atomic mass is 10.0. The molecule has 0 aromatic heterocycles. The lowest BCUT2D eigenvalue weighted by molar-refractivity contribution is -0.140. The first kappa shape index (κ1) is 10.4. The fraction of sp³-hybridized carbons (Fsp3) is 0.857. The van der Waals surface area contributed by atoms with Gasteiger partial charge in [-0.3, -0.25) is 4.79 Å². The van der Waals surface area contributed by atoms with Crippen LogP contribution in [0.2, 0.25) is 0 Å². The summed E-state index contributed by atoms with van der Waals surface area (Å²) in [6.45, 7) is 2.72.